The van der Waals surface area contributed by atoms with E-state index in [9.17, 15) is 4.79 Å². The van der Waals surface area contributed by atoms with Gasteiger partial charge in [0.1, 0.15) is 0 Å². The molecular weight excluding hydrogens is 240 g/mol. The molecule has 0 amide bonds. The summed E-state index contributed by atoms with van der Waals surface area (Å²) < 4.78 is 4.73. The van der Waals surface area contributed by atoms with Crippen LogP contribution in [0.1, 0.15) is 43.0 Å². The average Bonchev–Trinajstić information content (AvgIpc) is 2.40. The van der Waals surface area contributed by atoms with Crippen LogP contribution in [-0.2, 0) is 4.74 Å². The van der Waals surface area contributed by atoms with Gasteiger partial charge < -0.3 is 15.8 Å². The molecule has 1 aliphatic carbocycles. The van der Waals surface area contributed by atoms with Gasteiger partial charge in [-0.1, -0.05) is 19.8 Å². The van der Waals surface area contributed by atoms with Gasteiger partial charge in [-0.25, -0.2) is 4.79 Å². The van der Waals surface area contributed by atoms with Crippen molar-refractivity contribution in [3.05, 3.63) is 23.8 Å². The predicted octanol–water partition coefficient (Wildman–Crippen LogP) is 3.05. The van der Waals surface area contributed by atoms with E-state index in [1.54, 1.807) is 12.1 Å². The number of nitrogens with two attached hydrogens (primary N) is 1. The largest absolute Gasteiger partial charge is 0.465 e. The summed E-state index contributed by atoms with van der Waals surface area (Å²) in [4.78, 5) is 11.6. The maximum absolute atomic E-state index is 11.6. The first kappa shape index (κ1) is 13.7. The summed E-state index contributed by atoms with van der Waals surface area (Å²) in [6.45, 7) is 2.29. The molecule has 0 aromatic heterocycles. The van der Waals surface area contributed by atoms with Crippen LogP contribution in [0, 0.1) is 5.92 Å². The number of benzene rings is 1. The second-order valence-corrected chi connectivity index (χ2v) is 5.41. The molecule has 0 saturated heterocycles. The monoisotopic (exact) mass is 262 g/mol. The van der Waals surface area contributed by atoms with Gasteiger partial charge in [0.25, 0.3) is 0 Å². The number of hydrogen-bond acceptors (Lipinski definition) is 4. The Balaban J connectivity index is 2.10. The van der Waals surface area contributed by atoms with Crippen molar-refractivity contribution in [1.29, 1.82) is 0 Å². The maximum Gasteiger partial charge on any atom is 0.340 e. The number of rotatable bonds is 3. The van der Waals surface area contributed by atoms with E-state index in [4.69, 9.17) is 10.5 Å². The lowest BCUT2D eigenvalue weighted by Crippen LogP contribution is -2.26. The molecule has 1 fully saturated rings. The van der Waals surface area contributed by atoms with Gasteiger partial charge in [-0.3, -0.25) is 0 Å². The molecule has 104 valence electrons. The van der Waals surface area contributed by atoms with Crippen molar-refractivity contribution >= 4 is 17.3 Å². The summed E-state index contributed by atoms with van der Waals surface area (Å²) in [7, 11) is 1.37. The fourth-order valence-electron chi connectivity index (χ4n) is 2.73. The molecule has 2 atom stereocenters. The number of carbonyl (C=O) groups excluding carboxylic acids is 1. The van der Waals surface area contributed by atoms with Gasteiger partial charge >= 0.3 is 5.97 Å². The highest BCUT2D eigenvalue weighted by Gasteiger charge is 2.19. The Labute approximate surface area is 114 Å². The number of esters is 1. The second-order valence-electron chi connectivity index (χ2n) is 5.41. The molecule has 1 aromatic carbocycles. The van der Waals surface area contributed by atoms with Crippen LogP contribution in [0.2, 0.25) is 0 Å². The number of nitrogens with one attached hydrogen (secondary N) is 1. The number of ether oxygens (including phenoxy) is 1. The van der Waals surface area contributed by atoms with Crippen LogP contribution in [0.25, 0.3) is 0 Å². The Morgan fingerprint density at radius 1 is 1.42 bits per heavy atom. The molecule has 1 saturated carbocycles. The number of hydrogen-bond donors (Lipinski definition) is 2. The molecule has 0 heterocycles. The fourth-order valence-corrected chi connectivity index (χ4v) is 2.73. The van der Waals surface area contributed by atoms with Gasteiger partial charge in [0.2, 0.25) is 0 Å². The standard InChI is InChI=1S/C15H22N2O2/c1-10-4-3-5-11(8-10)17-12-6-7-14(16)13(9-12)15(18)19-2/h6-7,9-11,17H,3-5,8,16H2,1-2H3. The summed E-state index contributed by atoms with van der Waals surface area (Å²) in [6, 6.07) is 5.93. The van der Waals surface area contributed by atoms with Gasteiger partial charge in [0.05, 0.1) is 12.7 Å². The van der Waals surface area contributed by atoms with E-state index in [-0.39, 0.29) is 0 Å². The Bertz CT molecular complexity index is 459. The van der Waals surface area contributed by atoms with Crippen molar-refractivity contribution in [2.75, 3.05) is 18.2 Å². The molecule has 1 aromatic rings. The summed E-state index contributed by atoms with van der Waals surface area (Å²) >= 11 is 0. The van der Waals surface area contributed by atoms with Crippen LogP contribution in [0.15, 0.2) is 18.2 Å². The SMILES string of the molecule is COC(=O)c1cc(NC2CCCC(C)C2)ccc1N. The molecule has 4 heteroatoms. The van der Waals surface area contributed by atoms with Gasteiger partial charge in [-0.2, -0.15) is 0 Å². The molecule has 0 radical (unpaired) electrons. The lowest BCUT2D eigenvalue weighted by atomic mass is 9.87. The van der Waals surface area contributed by atoms with Gasteiger partial charge in [-0.15, -0.1) is 0 Å². The molecule has 2 unspecified atom stereocenters. The van der Waals surface area contributed by atoms with Crippen molar-refractivity contribution in [3.8, 4) is 0 Å². The summed E-state index contributed by atoms with van der Waals surface area (Å²) in [5.41, 5.74) is 7.61. The van der Waals surface area contributed by atoms with Crippen LogP contribution >= 0.6 is 0 Å². The molecule has 2 rings (SSSR count). The van der Waals surface area contributed by atoms with E-state index in [2.05, 4.69) is 12.2 Å². The zero-order valence-electron chi connectivity index (χ0n) is 11.6. The minimum Gasteiger partial charge on any atom is -0.465 e. The number of anilines is 2. The predicted molar refractivity (Wildman–Crippen MR) is 77.2 cm³/mol. The molecule has 0 spiro atoms. The van der Waals surface area contributed by atoms with Gasteiger partial charge in [0.15, 0.2) is 0 Å². The van der Waals surface area contributed by atoms with Crippen LogP contribution in [0.5, 0.6) is 0 Å². The Hall–Kier alpha value is -1.71. The molecule has 0 bridgehead atoms. The van der Waals surface area contributed by atoms with Crippen LogP contribution < -0.4 is 11.1 Å². The van der Waals surface area contributed by atoms with E-state index in [0.29, 0.717) is 17.3 Å². The number of methoxy groups -OCH3 is 1. The minimum atomic E-state index is -0.391. The third kappa shape index (κ3) is 3.40. The summed E-state index contributed by atoms with van der Waals surface area (Å²) in [6.07, 6.45) is 4.94. The van der Waals surface area contributed by atoms with E-state index < -0.39 is 5.97 Å². The number of nitrogen functional groups attached to an aromatic ring is 1. The van der Waals surface area contributed by atoms with Crippen LogP contribution in [-0.4, -0.2) is 19.1 Å². The van der Waals surface area contributed by atoms with Crippen molar-refractivity contribution in [2.24, 2.45) is 5.92 Å². The Morgan fingerprint density at radius 3 is 2.89 bits per heavy atom. The van der Waals surface area contributed by atoms with Gasteiger partial charge in [-0.05, 0) is 37.0 Å². The zero-order valence-corrected chi connectivity index (χ0v) is 11.6. The average molecular weight is 262 g/mol. The molecule has 19 heavy (non-hydrogen) atoms. The van der Waals surface area contributed by atoms with Crippen molar-refractivity contribution in [2.45, 2.75) is 38.6 Å². The van der Waals surface area contributed by atoms with E-state index in [0.717, 1.165) is 11.6 Å². The van der Waals surface area contributed by atoms with Crippen LogP contribution in [0.4, 0.5) is 11.4 Å². The summed E-state index contributed by atoms with van der Waals surface area (Å²) in [5.74, 6) is 0.373. The first-order valence-electron chi connectivity index (χ1n) is 6.84. The van der Waals surface area contributed by atoms with Crippen molar-refractivity contribution in [1.82, 2.24) is 0 Å². The lowest BCUT2D eigenvalue weighted by molar-refractivity contribution is 0.0602. The maximum atomic E-state index is 11.6. The molecule has 0 aliphatic heterocycles. The highest BCUT2D eigenvalue weighted by molar-refractivity contribution is 5.96. The molecule has 1 aliphatic rings. The minimum absolute atomic E-state index is 0.391. The first-order chi connectivity index (χ1) is 9.10. The summed E-state index contributed by atoms with van der Waals surface area (Å²) in [5, 5.41) is 3.49. The molecular formula is C15H22N2O2. The van der Waals surface area contributed by atoms with E-state index in [1.165, 1.54) is 32.8 Å². The second kappa shape index (κ2) is 5.95. The number of carbonyl (C=O) groups is 1. The topological polar surface area (TPSA) is 64.3 Å². The third-order valence-electron chi connectivity index (χ3n) is 3.77. The smallest absolute Gasteiger partial charge is 0.340 e. The highest BCUT2D eigenvalue weighted by atomic mass is 16.5. The lowest BCUT2D eigenvalue weighted by Gasteiger charge is -2.28. The van der Waals surface area contributed by atoms with Crippen molar-refractivity contribution in [3.63, 3.8) is 0 Å². The Morgan fingerprint density at radius 2 is 2.21 bits per heavy atom. The zero-order chi connectivity index (χ0) is 13.8. The normalized spacial score (nSPS) is 22.8. The van der Waals surface area contributed by atoms with Crippen LogP contribution in [0.3, 0.4) is 0 Å². The third-order valence-corrected chi connectivity index (χ3v) is 3.77. The molecule has 4 nitrogen and oxygen atoms in total. The van der Waals surface area contributed by atoms with Crippen molar-refractivity contribution < 1.29 is 9.53 Å². The van der Waals surface area contributed by atoms with E-state index >= 15 is 0 Å². The Kier molecular flexibility index (Phi) is 4.30. The highest BCUT2D eigenvalue weighted by Crippen LogP contribution is 2.27. The molecule has 3 N–H and O–H groups in total. The quantitative estimate of drug-likeness (QED) is 0.649. The van der Waals surface area contributed by atoms with Gasteiger partial charge in [0, 0.05) is 17.4 Å². The fraction of sp³-hybridized carbons (Fsp3) is 0.533. The van der Waals surface area contributed by atoms with E-state index in [1.807, 2.05) is 6.07 Å². The first-order valence-corrected chi connectivity index (χ1v) is 6.84.